The third-order valence-electron chi connectivity index (χ3n) is 1.60. The summed E-state index contributed by atoms with van der Waals surface area (Å²) in [5.41, 5.74) is 7.50. The largest absolute Gasteiger partial charge is 0.397 e. The van der Waals surface area contributed by atoms with Crippen molar-refractivity contribution in [3.63, 3.8) is 0 Å². The highest BCUT2D eigenvalue weighted by Crippen LogP contribution is 2.27. The van der Waals surface area contributed by atoms with E-state index in [9.17, 15) is 0 Å². The van der Waals surface area contributed by atoms with Crippen molar-refractivity contribution in [3.8, 4) is 0 Å². The lowest BCUT2D eigenvalue weighted by Gasteiger charge is -2.01. The zero-order valence-corrected chi connectivity index (χ0v) is 8.38. The van der Waals surface area contributed by atoms with Crippen LogP contribution in [0.5, 0.6) is 0 Å². The number of nitrogens with zero attached hydrogens (tertiary/aromatic N) is 3. The lowest BCUT2D eigenvalue weighted by atomic mass is 10.3. The molecule has 3 N–H and O–H groups in total. The zero-order chi connectivity index (χ0) is 9.97. The van der Waals surface area contributed by atoms with Crippen LogP contribution in [0.25, 0.3) is 0 Å². The molecular formula is C8H9N5S. The van der Waals surface area contributed by atoms with Gasteiger partial charge in [0.25, 0.3) is 0 Å². The number of rotatable bonds is 2. The summed E-state index contributed by atoms with van der Waals surface area (Å²) in [4.78, 5) is 8.18. The van der Waals surface area contributed by atoms with Gasteiger partial charge in [0.1, 0.15) is 11.4 Å². The number of aryl methyl sites for hydroxylation is 1. The molecule has 0 saturated heterocycles. The van der Waals surface area contributed by atoms with Crippen molar-refractivity contribution in [1.82, 2.24) is 20.2 Å². The monoisotopic (exact) mass is 207 g/mol. The summed E-state index contributed by atoms with van der Waals surface area (Å²) >= 11 is 1.36. The van der Waals surface area contributed by atoms with Gasteiger partial charge in [0.05, 0.1) is 5.69 Å². The molecule has 2 heterocycles. The number of nitrogen functional groups attached to an aromatic ring is 1. The molecule has 72 valence electrons. The minimum absolute atomic E-state index is 0.659. The number of H-pyrrole nitrogens is 1. The number of aromatic amines is 1. The average molecular weight is 207 g/mol. The van der Waals surface area contributed by atoms with Crippen LogP contribution in [0, 0.1) is 6.92 Å². The minimum Gasteiger partial charge on any atom is -0.397 e. The first-order valence-electron chi connectivity index (χ1n) is 4.01. The normalized spacial score (nSPS) is 10.4. The highest BCUT2D eigenvalue weighted by atomic mass is 32.2. The van der Waals surface area contributed by atoms with Crippen LogP contribution >= 0.6 is 11.8 Å². The predicted octanol–water partition coefficient (Wildman–Crippen LogP) is 1.24. The van der Waals surface area contributed by atoms with Crippen LogP contribution in [0.15, 0.2) is 28.8 Å². The molecule has 0 amide bonds. The fourth-order valence-corrected chi connectivity index (χ4v) is 1.66. The number of hydrogen-bond donors (Lipinski definition) is 2. The van der Waals surface area contributed by atoms with Crippen molar-refractivity contribution in [2.75, 3.05) is 5.73 Å². The summed E-state index contributed by atoms with van der Waals surface area (Å²) in [6, 6.07) is 1.88. The summed E-state index contributed by atoms with van der Waals surface area (Å²) in [6.45, 7) is 1.95. The maximum atomic E-state index is 5.79. The van der Waals surface area contributed by atoms with E-state index in [4.69, 9.17) is 5.73 Å². The van der Waals surface area contributed by atoms with Crippen LogP contribution in [-0.4, -0.2) is 20.2 Å². The third-order valence-corrected chi connectivity index (χ3v) is 2.53. The molecule has 0 spiro atoms. The van der Waals surface area contributed by atoms with Crippen LogP contribution in [0.1, 0.15) is 5.56 Å². The second-order valence-electron chi connectivity index (χ2n) is 2.80. The first-order chi connectivity index (χ1) is 6.75. The van der Waals surface area contributed by atoms with Crippen molar-refractivity contribution in [2.24, 2.45) is 0 Å². The van der Waals surface area contributed by atoms with Gasteiger partial charge in [-0.3, -0.25) is 5.10 Å². The van der Waals surface area contributed by atoms with Crippen molar-refractivity contribution in [1.29, 1.82) is 0 Å². The summed E-state index contributed by atoms with van der Waals surface area (Å²) in [5, 5.41) is 7.90. The lowest BCUT2D eigenvalue weighted by molar-refractivity contribution is 0.967. The van der Waals surface area contributed by atoms with E-state index in [1.807, 2.05) is 13.0 Å². The number of nitrogens with one attached hydrogen (secondary N) is 1. The number of pyridine rings is 1. The van der Waals surface area contributed by atoms with Gasteiger partial charge in [0, 0.05) is 6.20 Å². The Balaban J connectivity index is 2.25. The van der Waals surface area contributed by atoms with Gasteiger partial charge in [0.15, 0.2) is 5.16 Å². The molecule has 14 heavy (non-hydrogen) atoms. The van der Waals surface area contributed by atoms with E-state index in [0.717, 1.165) is 10.6 Å². The SMILES string of the molecule is Cc1cnc(Sc2ncn[nH]2)c(N)c1. The predicted molar refractivity (Wildman–Crippen MR) is 53.9 cm³/mol. The lowest BCUT2D eigenvalue weighted by Crippen LogP contribution is -1.93. The molecule has 2 aromatic rings. The van der Waals surface area contributed by atoms with Crippen LogP contribution in [0.3, 0.4) is 0 Å². The molecule has 0 saturated carbocycles. The number of aromatic nitrogens is 4. The topological polar surface area (TPSA) is 80.5 Å². The number of hydrogen-bond acceptors (Lipinski definition) is 5. The van der Waals surface area contributed by atoms with E-state index >= 15 is 0 Å². The molecule has 5 nitrogen and oxygen atoms in total. The van der Waals surface area contributed by atoms with Gasteiger partial charge in [0.2, 0.25) is 0 Å². The molecule has 0 unspecified atom stereocenters. The Morgan fingerprint density at radius 2 is 2.29 bits per heavy atom. The van der Waals surface area contributed by atoms with Crippen LogP contribution < -0.4 is 5.73 Å². The van der Waals surface area contributed by atoms with Gasteiger partial charge in [-0.1, -0.05) is 0 Å². The van der Waals surface area contributed by atoms with Crippen molar-refractivity contribution < 1.29 is 0 Å². The Kier molecular flexibility index (Phi) is 2.36. The number of anilines is 1. The Bertz CT molecular complexity index is 425. The van der Waals surface area contributed by atoms with Gasteiger partial charge in [-0.05, 0) is 30.3 Å². The molecule has 2 rings (SSSR count). The Hall–Kier alpha value is -1.56. The molecule has 0 fully saturated rings. The number of nitrogens with two attached hydrogens (primary N) is 1. The molecule has 2 aromatic heterocycles. The molecule has 0 aliphatic heterocycles. The second kappa shape index (κ2) is 3.67. The van der Waals surface area contributed by atoms with Gasteiger partial charge >= 0.3 is 0 Å². The van der Waals surface area contributed by atoms with E-state index in [0.29, 0.717) is 10.8 Å². The molecule has 0 aliphatic carbocycles. The van der Waals surface area contributed by atoms with Gasteiger partial charge in [-0.2, -0.15) is 5.10 Å². The van der Waals surface area contributed by atoms with E-state index in [1.165, 1.54) is 18.1 Å². The molecule has 0 atom stereocenters. The molecule has 0 bridgehead atoms. The molecule has 0 aliphatic rings. The Labute approximate surface area is 85.2 Å². The van der Waals surface area contributed by atoms with Gasteiger partial charge in [-0.15, -0.1) is 0 Å². The second-order valence-corrected chi connectivity index (χ2v) is 3.78. The van der Waals surface area contributed by atoms with Crippen LogP contribution in [0.4, 0.5) is 5.69 Å². The summed E-state index contributed by atoms with van der Waals surface area (Å²) in [7, 11) is 0. The standard InChI is InChI=1S/C8H9N5S/c1-5-2-6(9)7(10-3-5)14-8-11-4-12-13-8/h2-4H,9H2,1H3,(H,11,12,13). The third kappa shape index (κ3) is 1.85. The van der Waals surface area contributed by atoms with E-state index in [1.54, 1.807) is 6.20 Å². The van der Waals surface area contributed by atoms with Crippen LogP contribution in [-0.2, 0) is 0 Å². The zero-order valence-electron chi connectivity index (χ0n) is 7.56. The maximum Gasteiger partial charge on any atom is 0.189 e. The fourth-order valence-electron chi connectivity index (χ4n) is 1.000. The molecule has 0 aromatic carbocycles. The van der Waals surface area contributed by atoms with Crippen molar-refractivity contribution in [3.05, 3.63) is 24.2 Å². The van der Waals surface area contributed by atoms with E-state index < -0.39 is 0 Å². The summed E-state index contributed by atoms with van der Waals surface area (Å²) < 4.78 is 0. The van der Waals surface area contributed by atoms with E-state index in [-0.39, 0.29) is 0 Å². The van der Waals surface area contributed by atoms with E-state index in [2.05, 4.69) is 20.2 Å². The quantitative estimate of drug-likeness (QED) is 0.774. The molecular weight excluding hydrogens is 198 g/mol. The summed E-state index contributed by atoms with van der Waals surface area (Å²) in [6.07, 6.45) is 3.22. The minimum atomic E-state index is 0.659. The first-order valence-corrected chi connectivity index (χ1v) is 4.82. The molecule has 0 radical (unpaired) electrons. The smallest absolute Gasteiger partial charge is 0.189 e. The first kappa shape index (κ1) is 9.01. The van der Waals surface area contributed by atoms with Crippen molar-refractivity contribution in [2.45, 2.75) is 17.1 Å². The average Bonchev–Trinajstić information content (AvgIpc) is 2.62. The molecule has 6 heteroatoms. The highest BCUT2D eigenvalue weighted by Gasteiger charge is 2.05. The Morgan fingerprint density at radius 3 is 2.93 bits per heavy atom. The van der Waals surface area contributed by atoms with Gasteiger partial charge < -0.3 is 5.73 Å². The van der Waals surface area contributed by atoms with Crippen molar-refractivity contribution >= 4 is 17.4 Å². The maximum absolute atomic E-state index is 5.79. The van der Waals surface area contributed by atoms with Crippen LogP contribution in [0.2, 0.25) is 0 Å². The highest BCUT2D eigenvalue weighted by molar-refractivity contribution is 7.99. The Morgan fingerprint density at radius 1 is 1.43 bits per heavy atom. The van der Waals surface area contributed by atoms with Gasteiger partial charge in [-0.25, -0.2) is 9.97 Å². The fraction of sp³-hybridized carbons (Fsp3) is 0.125. The summed E-state index contributed by atoms with van der Waals surface area (Å²) in [5.74, 6) is 0.